The molecule has 3 aromatic rings. The van der Waals surface area contributed by atoms with Crippen LogP contribution in [0.5, 0.6) is 0 Å². The summed E-state index contributed by atoms with van der Waals surface area (Å²) in [5.74, 6) is 0. The molecule has 0 aliphatic carbocycles. The van der Waals surface area contributed by atoms with Crippen molar-refractivity contribution in [2.24, 2.45) is 0 Å². The van der Waals surface area contributed by atoms with E-state index in [9.17, 15) is 4.79 Å². The van der Waals surface area contributed by atoms with Crippen LogP contribution in [0.1, 0.15) is 5.56 Å². The Bertz CT molecular complexity index is 787. The lowest BCUT2D eigenvalue weighted by atomic mass is 10.1. The van der Waals surface area contributed by atoms with Crippen molar-refractivity contribution in [3.05, 3.63) is 57.4 Å². The number of halogens is 1. The van der Waals surface area contributed by atoms with E-state index in [0.717, 1.165) is 16.3 Å². The van der Waals surface area contributed by atoms with Crippen LogP contribution in [0.4, 0.5) is 0 Å². The van der Waals surface area contributed by atoms with Gasteiger partial charge in [-0.2, -0.15) is 0 Å². The van der Waals surface area contributed by atoms with E-state index in [0.29, 0.717) is 16.0 Å². The van der Waals surface area contributed by atoms with Crippen LogP contribution in [0, 0.1) is 6.92 Å². The van der Waals surface area contributed by atoms with Gasteiger partial charge in [0.1, 0.15) is 5.58 Å². The van der Waals surface area contributed by atoms with Crippen LogP contribution in [-0.4, -0.2) is 0 Å². The first kappa shape index (κ1) is 10.4. The Morgan fingerprint density at radius 3 is 2.65 bits per heavy atom. The average Bonchev–Trinajstić information content (AvgIpc) is 2.33. The van der Waals surface area contributed by atoms with E-state index in [1.807, 2.05) is 37.3 Å². The summed E-state index contributed by atoms with van der Waals surface area (Å²) >= 11 is 6.17. The summed E-state index contributed by atoms with van der Waals surface area (Å²) in [7, 11) is 0. The normalized spacial score (nSPS) is 11.2. The molecule has 2 nitrogen and oxygen atoms in total. The Labute approximate surface area is 102 Å². The molecule has 0 atom stereocenters. The van der Waals surface area contributed by atoms with Gasteiger partial charge in [0.25, 0.3) is 0 Å². The molecule has 3 rings (SSSR count). The third-order valence-electron chi connectivity index (χ3n) is 2.92. The maximum absolute atomic E-state index is 11.9. The van der Waals surface area contributed by atoms with Gasteiger partial charge in [0, 0.05) is 10.8 Å². The van der Waals surface area contributed by atoms with Crippen LogP contribution in [0.3, 0.4) is 0 Å². The first-order valence-corrected chi connectivity index (χ1v) is 5.67. The molecule has 17 heavy (non-hydrogen) atoms. The number of hydrogen-bond donors (Lipinski definition) is 0. The van der Waals surface area contributed by atoms with E-state index in [-0.39, 0.29) is 5.63 Å². The van der Waals surface area contributed by atoms with E-state index in [1.165, 1.54) is 0 Å². The molecule has 0 saturated heterocycles. The first-order valence-electron chi connectivity index (χ1n) is 5.29. The van der Waals surface area contributed by atoms with Crippen molar-refractivity contribution < 1.29 is 4.42 Å². The first-order chi connectivity index (χ1) is 8.18. The Hall–Kier alpha value is -1.80. The standard InChI is InChI=1S/C14H9ClO2/c1-8-6-7-10-9-4-2-3-5-11(9)17-14(16)12(10)13(8)15/h2-7H,1H3. The van der Waals surface area contributed by atoms with E-state index in [2.05, 4.69) is 0 Å². The Morgan fingerprint density at radius 2 is 1.82 bits per heavy atom. The zero-order valence-electron chi connectivity index (χ0n) is 9.16. The molecule has 0 saturated carbocycles. The number of rotatable bonds is 0. The molecule has 0 bridgehead atoms. The molecular formula is C14H9ClO2. The summed E-state index contributed by atoms with van der Waals surface area (Å²) in [5, 5.41) is 2.68. The summed E-state index contributed by atoms with van der Waals surface area (Å²) in [6.07, 6.45) is 0. The van der Waals surface area contributed by atoms with E-state index in [4.69, 9.17) is 16.0 Å². The van der Waals surface area contributed by atoms with Gasteiger partial charge in [-0.3, -0.25) is 0 Å². The number of fused-ring (bicyclic) bond motifs is 3. The van der Waals surface area contributed by atoms with Crippen LogP contribution in [-0.2, 0) is 0 Å². The maximum Gasteiger partial charge on any atom is 0.345 e. The average molecular weight is 245 g/mol. The van der Waals surface area contributed by atoms with Gasteiger partial charge in [-0.1, -0.05) is 41.9 Å². The molecule has 0 radical (unpaired) electrons. The van der Waals surface area contributed by atoms with E-state index < -0.39 is 0 Å². The third kappa shape index (κ3) is 1.45. The van der Waals surface area contributed by atoms with Crippen LogP contribution >= 0.6 is 11.6 Å². The highest BCUT2D eigenvalue weighted by atomic mass is 35.5. The van der Waals surface area contributed by atoms with Gasteiger partial charge in [-0.25, -0.2) is 4.79 Å². The lowest BCUT2D eigenvalue weighted by molar-refractivity contribution is 0.569. The molecule has 3 heteroatoms. The molecule has 0 spiro atoms. The minimum Gasteiger partial charge on any atom is -0.422 e. The van der Waals surface area contributed by atoms with Gasteiger partial charge in [0.05, 0.1) is 10.4 Å². The summed E-state index contributed by atoms with van der Waals surface area (Å²) < 4.78 is 5.27. The number of benzene rings is 2. The Balaban J connectivity index is 2.68. The summed E-state index contributed by atoms with van der Waals surface area (Å²) in [6.45, 7) is 1.87. The molecule has 0 aliphatic heterocycles. The topological polar surface area (TPSA) is 30.2 Å². The van der Waals surface area contributed by atoms with Gasteiger partial charge in [0.15, 0.2) is 0 Å². The fraction of sp³-hybridized carbons (Fsp3) is 0.0714. The van der Waals surface area contributed by atoms with Crippen molar-refractivity contribution >= 4 is 33.3 Å². The van der Waals surface area contributed by atoms with Gasteiger partial charge in [0.2, 0.25) is 0 Å². The van der Waals surface area contributed by atoms with Crippen molar-refractivity contribution in [3.63, 3.8) is 0 Å². The SMILES string of the molecule is Cc1ccc2c(c1Cl)c(=O)oc1ccccc12. The van der Waals surface area contributed by atoms with Gasteiger partial charge >= 0.3 is 5.63 Å². The minimum absolute atomic E-state index is 0.382. The highest BCUT2D eigenvalue weighted by Gasteiger charge is 2.11. The molecule has 0 N–H and O–H groups in total. The zero-order valence-corrected chi connectivity index (χ0v) is 9.91. The quantitative estimate of drug-likeness (QED) is 0.443. The molecule has 1 aromatic heterocycles. The van der Waals surface area contributed by atoms with Crippen LogP contribution in [0.2, 0.25) is 5.02 Å². The summed E-state index contributed by atoms with van der Waals surface area (Å²) in [5.41, 5.74) is 1.08. The lowest BCUT2D eigenvalue weighted by Crippen LogP contribution is -2.01. The monoisotopic (exact) mass is 244 g/mol. The number of hydrogen-bond acceptors (Lipinski definition) is 2. The summed E-state index contributed by atoms with van der Waals surface area (Å²) in [4.78, 5) is 11.9. The van der Waals surface area contributed by atoms with E-state index >= 15 is 0 Å². The highest BCUT2D eigenvalue weighted by Crippen LogP contribution is 2.29. The van der Waals surface area contributed by atoms with Gasteiger partial charge in [-0.15, -0.1) is 0 Å². The largest absolute Gasteiger partial charge is 0.422 e. The second kappa shape index (κ2) is 3.60. The van der Waals surface area contributed by atoms with E-state index in [1.54, 1.807) is 6.07 Å². The predicted octanol–water partition coefficient (Wildman–Crippen LogP) is 3.91. The number of aryl methyl sites for hydroxylation is 1. The van der Waals surface area contributed by atoms with Crippen LogP contribution in [0.25, 0.3) is 21.7 Å². The van der Waals surface area contributed by atoms with Crippen LogP contribution < -0.4 is 5.63 Å². The van der Waals surface area contributed by atoms with Crippen LogP contribution in [0.15, 0.2) is 45.6 Å². The zero-order chi connectivity index (χ0) is 12.0. The lowest BCUT2D eigenvalue weighted by Gasteiger charge is -2.05. The molecule has 0 aliphatic rings. The van der Waals surface area contributed by atoms with Gasteiger partial charge < -0.3 is 4.42 Å². The van der Waals surface area contributed by atoms with Crippen molar-refractivity contribution in [1.29, 1.82) is 0 Å². The molecule has 84 valence electrons. The summed E-state index contributed by atoms with van der Waals surface area (Å²) in [6, 6.07) is 11.3. The second-order valence-corrected chi connectivity index (χ2v) is 4.38. The number of para-hydroxylation sites is 1. The van der Waals surface area contributed by atoms with Gasteiger partial charge in [-0.05, 0) is 18.6 Å². The maximum atomic E-state index is 11.9. The van der Waals surface area contributed by atoms with Crippen molar-refractivity contribution in [1.82, 2.24) is 0 Å². The fourth-order valence-corrected chi connectivity index (χ4v) is 2.28. The molecule has 0 amide bonds. The molecule has 0 unspecified atom stereocenters. The van der Waals surface area contributed by atoms with Crippen molar-refractivity contribution in [2.75, 3.05) is 0 Å². The molecule has 1 heterocycles. The molecular weight excluding hydrogens is 236 g/mol. The Morgan fingerprint density at radius 1 is 1.06 bits per heavy atom. The minimum atomic E-state index is -0.382. The smallest absolute Gasteiger partial charge is 0.345 e. The predicted molar refractivity (Wildman–Crippen MR) is 69.7 cm³/mol. The third-order valence-corrected chi connectivity index (χ3v) is 3.41. The molecule has 2 aromatic carbocycles. The van der Waals surface area contributed by atoms with Crippen molar-refractivity contribution in [3.8, 4) is 0 Å². The Kier molecular flexibility index (Phi) is 2.20. The van der Waals surface area contributed by atoms with Crippen molar-refractivity contribution in [2.45, 2.75) is 6.92 Å². The highest BCUT2D eigenvalue weighted by molar-refractivity contribution is 6.37. The fourth-order valence-electron chi connectivity index (χ4n) is 2.03. The second-order valence-electron chi connectivity index (χ2n) is 4.00. The molecule has 0 fully saturated rings.